The van der Waals surface area contributed by atoms with Crippen molar-refractivity contribution in [3.63, 3.8) is 0 Å². The minimum atomic E-state index is -0.795. The number of furan rings is 1. The van der Waals surface area contributed by atoms with Crippen LogP contribution in [0.3, 0.4) is 0 Å². The lowest BCUT2D eigenvalue weighted by atomic mass is 10.1. The minimum absolute atomic E-state index is 0.0628. The van der Waals surface area contributed by atoms with Crippen molar-refractivity contribution in [1.82, 2.24) is 5.32 Å². The van der Waals surface area contributed by atoms with Crippen LogP contribution in [-0.4, -0.2) is 37.9 Å². The van der Waals surface area contributed by atoms with Crippen molar-refractivity contribution in [3.05, 3.63) is 47.9 Å². The Labute approximate surface area is 162 Å². The third-order valence-corrected chi connectivity index (χ3v) is 4.63. The second-order valence-corrected chi connectivity index (χ2v) is 6.55. The summed E-state index contributed by atoms with van der Waals surface area (Å²) in [5.41, 5.74) is 2.13. The first kappa shape index (κ1) is 19.6. The molecule has 1 aromatic heterocycles. The average Bonchev–Trinajstić information content (AvgIpc) is 3.35. The summed E-state index contributed by atoms with van der Waals surface area (Å²) < 4.78 is 10.5. The van der Waals surface area contributed by atoms with Crippen LogP contribution in [0.5, 0.6) is 0 Å². The number of nitrogens with one attached hydrogen (secondary N) is 2. The first-order valence-electron chi connectivity index (χ1n) is 9.06. The van der Waals surface area contributed by atoms with Gasteiger partial charge in [-0.1, -0.05) is 6.07 Å². The standard InChI is InChI=1S/C20H23N3O5/c1-13-7-8-14(11-15(13)23-9-3-6-18(23)24)22-20(26)19(25)21-12-17(27-2)16-5-4-10-28-16/h4-5,7-8,10-11,17H,3,6,9,12H2,1-2H3,(H,21,25)(H,22,26)/t17-/m1/s1. The van der Waals surface area contributed by atoms with E-state index in [1.54, 1.807) is 29.2 Å². The Kier molecular flexibility index (Phi) is 6.10. The molecule has 0 radical (unpaired) electrons. The minimum Gasteiger partial charge on any atom is -0.467 e. The maximum Gasteiger partial charge on any atom is 0.313 e. The van der Waals surface area contributed by atoms with E-state index in [-0.39, 0.29) is 12.5 Å². The summed E-state index contributed by atoms with van der Waals surface area (Å²) in [6.07, 6.45) is 2.36. The van der Waals surface area contributed by atoms with Crippen molar-refractivity contribution in [2.75, 3.05) is 30.4 Å². The van der Waals surface area contributed by atoms with Crippen LogP contribution >= 0.6 is 0 Å². The number of carbonyl (C=O) groups excluding carboxylic acids is 3. The summed E-state index contributed by atoms with van der Waals surface area (Å²) >= 11 is 0. The molecular formula is C20H23N3O5. The van der Waals surface area contributed by atoms with Crippen LogP contribution in [0.1, 0.15) is 30.3 Å². The van der Waals surface area contributed by atoms with E-state index in [1.165, 1.54) is 13.4 Å². The summed E-state index contributed by atoms with van der Waals surface area (Å²) in [6, 6.07) is 8.67. The Bertz CT molecular complexity index is 863. The number of amides is 3. The number of benzene rings is 1. The normalized spacial score (nSPS) is 14.8. The maximum atomic E-state index is 12.2. The molecule has 8 nitrogen and oxygen atoms in total. The Morgan fingerprint density at radius 2 is 2.11 bits per heavy atom. The van der Waals surface area contributed by atoms with Crippen LogP contribution in [0.2, 0.25) is 0 Å². The summed E-state index contributed by atoms with van der Waals surface area (Å²) in [5, 5.41) is 5.10. The Hall–Kier alpha value is -3.13. The lowest BCUT2D eigenvalue weighted by Crippen LogP contribution is -2.38. The number of anilines is 2. The monoisotopic (exact) mass is 385 g/mol. The number of hydrogen-bond acceptors (Lipinski definition) is 5. The summed E-state index contributed by atoms with van der Waals surface area (Å²) in [6.45, 7) is 2.65. The third-order valence-electron chi connectivity index (χ3n) is 4.63. The molecule has 1 atom stereocenters. The topological polar surface area (TPSA) is 101 Å². The fraction of sp³-hybridized carbons (Fsp3) is 0.350. The first-order valence-corrected chi connectivity index (χ1v) is 9.06. The number of methoxy groups -OCH3 is 1. The number of aryl methyl sites for hydroxylation is 1. The lowest BCUT2D eigenvalue weighted by molar-refractivity contribution is -0.136. The highest BCUT2D eigenvalue weighted by Gasteiger charge is 2.24. The third kappa shape index (κ3) is 4.40. The average molecular weight is 385 g/mol. The van der Waals surface area contributed by atoms with Crippen molar-refractivity contribution in [2.45, 2.75) is 25.9 Å². The number of hydrogen-bond donors (Lipinski definition) is 2. The van der Waals surface area contributed by atoms with Gasteiger partial charge in [0.25, 0.3) is 0 Å². The fourth-order valence-electron chi connectivity index (χ4n) is 3.11. The molecule has 1 saturated heterocycles. The van der Waals surface area contributed by atoms with E-state index in [0.29, 0.717) is 24.4 Å². The lowest BCUT2D eigenvalue weighted by Gasteiger charge is -2.19. The van der Waals surface area contributed by atoms with Crippen molar-refractivity contribution in [1.29, 1.82) is 0 Å². The van der Waals surface area contributed by atoms with Crippen LogP contribution < -0.4 is 15.5 Å². The van der Waals surface area contributed by atoms with E-state index in [9.17, 15) is 14.4 Å². The Balaban J connectivity index is 1.61. The predicted molar refractivity (Wildman–Crippen MR) is 103 cm³/mol. The molecule has 28 heavy (non-hydrogen) atoms. The SMILES string of the molecule is CO[C@H](CNC(=O)C(=O)Nc1ccc(C)c(N2CCCC2=O)c1)c1ccco1. The van der Waals surface area contributed by atoms with E-state index in [1.807, 2.05) is 13.0 Å². The molecule has 2 N–H and O–H groups in total. The van der Waals surface area contributed by atoms with Gasteiger partial charge in [-0.2, -0.15) is 0 Å². The van der Waals surface area contributed by atoms with Gasteiger partial charge in [-0.25, -0.2) is 0 Å². The van der Waals surface area contributed by atoms with Crippen molar-refractivity contribution in [3.8, 4) is 0 Å². The van der Waals surface area contributed by atoms with Crippen molar-refractivity contribution < 1.29 is 23.5 Å². The molecule has 2 aromatic rings. The van der Waals surface area contributed by atoms with E-state index < -0.39 is 17.9 Å². The zero-order valence-electron chi connectivity index (χ0n) is 15.9. The van der Waals surface area contributed by atoms with Gasteiger partial charge in [0.1, 0.15) is 11.9 Å². The second kappa shape index (κ2) is 8.71. The fourth-order valence-corrected chi connectivity index (χ4v) is 3.11. The van der Waals surface area contributed by atoms with Crippen LogP contribution in [-0.2, 0) is 19.1 Å². The molecule has 8 heteroatoms. The van der Waals surface area contributed by atoms with E-state index >= 15 is 0 Å². The van der Waals surface area contributed by atoms with Gasteiger partial charge in [-0.05, 0) is 43.2 Å². The van der Waals surface area contributed by atoms with Gasteiger partial charge < -0.3 is 24.7 Å². The van der Waals surface area contributed by atoms with Crippen molar-refractivity contribution in [2.24, 2.45) is 0 Å². The molecule has 0 aliphatic carbocycles. The van der Waals surface area contributed by atoms with Gasteiger partial charge in [0.2, 0.25) is 5.91 Å². The highest BCUT2D eigenvalue weighted by Crippen LogP contribution is 2.28. The molecule has 2 heterocycles. The van der Waals surface area contributed by atoms with Crippen LogP contribution in [0, 0.1) is 6.92 Å². The van der Waals surface area contributed by atoms with Crippen LogP contribution in [0.15, 0.2) is 41.0 Å². The van der Waals surface area contributed by atoms with Crippen LogP contribution in [0.4, 0.5) is 11.4 Å². The largest absolute Gasteiger partial charge is 0.467 e. The Morgan fingerprint density at radius 3 is 2.75 bits per heavy atom. The quantitative estimate of drug-likeness (QED) is 0.742. The molecule has 1 aliphatic rings. The van der Waals surface area contributed by atoms with Gasteiger partial charge in [0, 0.05) is 31.5 Å². The van der Waals surface area contributed by atoms with Gasteiger partial charge in [-0.3, -0.25) is 14.4 Å². The zero-order valence-corrected chi connectivity index (χ0v) is 15.9. The van der Waals surface area contributed by atoms with E-state index in [0.717, 1.165) is 17.7 Å². The van der Waals surface area contributed by atoms with Crippen molar-refractivity contribution >= 4 is 29.1 Å². The molecule has 0 bridgehead atoms. The molecule has 1 aromatic carbocycles. The van der Waals surface area contributed by atoms with Gasteiger partial charge in [0.05, 0.1) is 12.8 Å². The maximum absolute atomic E-state index is 12.2. The van der Waals surface area contributed by atoms with Gasteiger partial charge in [-0.15, -0.1) is 0 Å². The second-order valence-electron chi connectivity index (χ2n) is 6.55. The molecule has 148 valence electrons. The number of rotatable bonds is 6. The molecule has 0 saturated carbocycles. The van der Waals surface area contributed by atoms with Crippen LogP contribution in [0.25, 0.3) is 0 Å². The molecule has 0 unspecified atom stereocenters. The molecule has 3 amide bonds. The highest BCUT2D eigenvalue weighted by atomic mass is 16.5. The zero-order chi connectivity index (χ0) is 20.1. The molecule has 1 aliphatic heterocycles. The summed E-state index contributed by atoms with van der Waals surface area (Å²) in [7, 11) is 1.49. The number of nitrogens with zero attached hydrogens (tertiary/aromatic N) is 1. The van der Waals surface area contributed by atoms with Gasteiger partial charge >= 0.3 is 11.8 Å². The number of ether oxygens (including phenoxy) is 1. The molecule has 1 fully saturated rings. The molecule has 0 spiro atoms. The summed E-state index contributed by atoms with van der Waals surface area (Å²) in [4.78, 5) is 38.0. The predicted octanol–water partition coefficient (Wildman–Crippen LogP) is 2.16. The molecule has 3 rings (SSSR count). The smallest absolute Gasteiger partial charge is 0.313 e. The first-order chi connectivity index (χ1) is 13.5. The Morgan fingerprint density at radius 1 is 1.29 bits per heavy atom. The molecular weight excluding hydrogens is 362 g/mol. The van der Waals surface area contributed by atoms with E-state index in [2.05, 4.69) is 10.6 Å². The van der Waals surface area contributed by atoms with Gasteiger partial charge in [0.15, 0.2) is 0 Å². The van der Waals surface area contributed by atoms with E-state index in [4.69, 9.17) is 9.15 Å². The number of carbonyl (C=O) groups is 3. The highest BCUT2D eigenvalue weighted by molar-refractivity contribution is 6.39. The summed E-state index contributed by atoms with van der Waals surface area (Å²) in [5.74, 6) is -0.959.